The average Bonchev–Trinajstić information content (AvgIpc) is 3.94. The first-order valence-corrected chi connectivity index (χ1v) is 23.5. The fraction of sp³-hybridized carbons (Fsp3) is 0.500. The van der Waals surface area contributed by atoms with Gasteiger partial charge in [-0.25, -0.2) is 9.78 Å². The van der Waals surface area contributed by atoms with E-state index >= 15 is 0 Å². The van der Waals surface area contributed by atoms with Gasteiger partial charge in [0, 0.05) is 73.7 Å². The Hall–Kier alpha value is -5.81. The molecule has 3 N–H and O–H groups in total. The van der Waals surface area contributed by atoms with Gasteiger partial charge in [0.05, 0.1) is 35.8 Å². The first-order chi connectivity index (χ1) is 32.2. The summed E-state index contributed by atoms with van der Waals surface area (Å²) in [6, 6.07) is 7.94. The molecule has 3 aromatic rings. The lowest BCUT2D eigenvalue weighted by atomic mass is 9.90. The van der Waals surface area contributed by atoms with Crippen molar-refractivity contribution >= 4 is 41.1 Å². The molecule has 4 amide bonds. The van der Waals surface area contributed by atoms with Crippen molar-refractivity contribution in [1.82, 2.24) is 30.0 Å². The van der Waals surface area contributed by atoms with Gasteiger partial charge in [0.15, 0.2) is 0 Å². The molecule has 5 atom stereocenters. The summed E-state index contributed by atoms with van der Waals surface area (Å²) in [7, 11) is 1.26. The molecule has 68 heavy (non-hydrogen) atoms. The van der Waals surface area contributed by atoms with Gasteiger partial charge in [-0.15, -0.1) is 13.2 Å². The van der Waals surface area contributed by atoms with Crippen molar-refractivity contribution in [2.75, 3.05) is 51.8 Å². The number of aromatic amines is 1. The number of alkyl carbamates (subject to hydrolysis) is 1. The second-order valence-corrected chi connectivity index (χ2v) is 19.7. The molecule has 4 aliphatic rings. The number of aromatic nitrogens is 2. The highest BCUT2D eigenvalue weighted by atomic mass is 35.5. The molecule has 2 aromatic carbocycles. The van der Waals surface area contributed by atoms with Crippen LogP contribution in [0.25, 0.3) is 22.4 Å². The molecule has 3 aliphatic heterocycles. The van der Waals surface area contributed by atoms with Crippen LogP contribution in [0.15, 0.2) is 78.2 Å². The van der Waals surface area contributed by atoms with Crippen LogP contribution >= 0.6 is 11.6 Å². The number of H-pyrrole nitrogens is 1. The maximum absolute atomic E-state index is 14.2. The number of carbonyl (C=O) groups is 4. The first-order valence-electron chi connectivity index (χ1n) is 23.1. The minimum atomic E-state index is -5.06. The normalized spacial score (nSPS) is 22.9. The number of nitrogens with one attached hydrogen (secondary N) is 3. The molecular formula is C50H61ClF3N7O7. The number of likely N-dealkylation sites (tertiary alicyclic amines) is 1. The van der Waals surface area contributed by atoms with E-state index in [0.717, 1.165) is 11.8 Å². The number of piperazine rings is 1. The maximum atomic E-state index is 14.2. The Labute approximate surface area is 400 Å². The lowest BCUT2D eigenvalue weighted by Gasteiger charge is -2.45. The van der Waals surface area contributed by atoms with Gasteiger partial charge >= 0.3 is 12.5 Å². The molecule has 3 fully saturated rings. The van der Waals surface area contributed by atoms with Crippen molar-refractivity contribution in [1.29, 1.82) is 0 Å². The number of amides is 4. The van der Waals surface area contributed by atoms with Crippen LogP contribution in [0.3, 0.4) is 0 Å². The van der Waals surface area contributed by atoms with Crippen molar-refractivity contribution < 1.29 is 46.6 Å². The molecular weight excluding hydrogens is 903 g/mol. The van der Waals surface area contributed by atoms with Crippen LogP contribution < -0.4 is 15.4 Å². The molecule has 18 heteroatoms. The number of anilines is 1. The largest absolute Gasteiger partial charge is 0.573 e. The second-order valence-electron chi connectivity index (χ2n) is 19.3. The Kier molecular flexibility index (Phi) is 15.3. The molecule has 1 aromatic heterocycles. The zero-order chi connectivity index (χ0) is 49.1. The number of hydrogen-bond donors (Lipinski definition) is 3. The van der Waals surface area contributed by atoms with E-state index in [4.69, 9.17) is 21.1 Å². The number of rotatable bonds is 10. The van der Waals surface area contributed by atoms with Crippen LogP contribution in [0.4, 0.5) is 23.7 Å². The number of carbonyl (C=O) groups excluding carboxylic acids is 4. The SMILES string of the molecule is COC(=O)N[C@H](C(=O)N1C[C@@H](C)C[C@H]1c1ncc(-c2ccc(-c3cc(Cl)c(NC(=O)C4=C/C=C(/N5CCN(C(=O)C(C)(C)C)C[C@H]5C)C(C)CC=C4)cc3OC(F)(F)F)cc2)[nH]1)C1CCOCC1. The Bertz CT molecular complexity index is 2440. The number of alkyl halides is 3. The van der Waals surface area contributed by atoms with Gasteiger partial charge in [-0.1, -0.05) is 82.6 Å². The highest BCUT2D eigenvalue weighted by Crippen LogP contribution is 2.42. The smallest absolute Gasteiger partial charge is 0.453 e. The molecule has 0 saturated carbocycles. The van der Waals surface area contributed by atoms with Crippen molar-refractivity contribution in [2.24, 2.45) is 23.2 Å². The summed E-state index contributed by atoms with van der Waals surface area (Å²) < 4.78 is 56.7. The number of hydrogen-bond acceptors (Lipinski definition) is 9. The minimum absolute atomic E-state index is 0.00678. The fourth-order valence-corrected chi connectivity index (χ4v) is 9.76. The van der Waals surface area contributed by atoms with Crippen LogP contribution in [0.5, 0.6) is 5.75 Å². The summed E-state index contributed by atoms with van der Waals surface area (Å²) in [6.45, 7) is 15.2. The number of imidazole rings is 1. The van der Waals surface area contributed by atoms with E-state index in [-0.39, 0.29) is 57.5 Å². The summed E-state index contributed by atoms with van der Waals surface area (Å²) in [5.41, 5.74) is 2.44. The minimum Gasteiger partial charge on any atom is -0.453 e. The quantitative estimate of drug-likeness (QED) is 0.180. The number of nitrogens with zero attached hydrogens (tertiary/aromatic N) is 4. The molecule has 1 unspecified atom stereocenters. The highest BCUT2D eigenvalue weighted by Gasteiger charge is 2.42. The van der Waals surface area contributed by atoms with Crippen molar-refractivity contribution in [3.05, 3.63) is 89.0 Å². The zero-order valence-electron chi connectivity index (χ0n) is 39.5. The van der Waals surface area contributed by atoms with Gasteiger partial charge < -0.3 is 44.5 Å². The maximum Gasteiger partial charge on any atom is 0.573 e. The van der Waals surface area contributed by atoms with Gasteiger partial charge in [-0.05, 0) is 79.7 Å². The van der Waals surface area contributed by atoms with E-state index in [9.17, 15) is 32.3 Å². The Morgan fingerprint density at radius 3 is 2.34 bits per heavy atom. The zero-order valence-corrected chi connectivity index (χ0v) is 40.3. The Balaban J connectivity index is 1.08. The van der Waals surface area contributed by atoms with E-state index in [1.807, 2.05) is 37.8 Å². The number of benzene rings is 2. The molecule has 366 valence electrons. The van der Waals surface area contributed by atoms with Gasteiger partial charge in [-0.3, -0.25) is 14.4 Å². The number of methoxy groups -OCH3 is 1. The fourth-order valence-electron chi connectivity index (χ4n) is 9.55. The molecule has 0 radical (unpaired) electrons. The van der Waals surface area contributed by atoms with Crippen molar-refractivity contribution in [3.63, 3.8) is 0 Å². The summed E-state index contributed by atoms with van der Waals surface area (Å²) >= 11 is 6.71. The van der Waals surface area contributed by atoms with Gasteiger partial charge in [0.25, 0.3) is 5.91 Å². The van der Waals surface area contributed by atoms with E-state index in [1.54, 1.807) is 47.5 Å². The Morgan fingerprint density at radius 2 is 1.68 bits per heavy atom. The standard InChI is InChI=1S/C50H61ClF3N7O7/c1-29-23-41(61(27-29)46(63)43(58-48(65)66-7)34-17-21-67-22-18-34)44-55-26-39(56-44)33-13-11-32(12-14-33)36-24-37(51)38(25-42(36)68-50(52,53)54)57-45(62)35-10-8-9-30(2)40(16-15-35)60-20-19-59(28-31(60)3)47(64)49(4,5)6/h8,10-16,24-26,29-31,34,41,43H,9,17-23,27-28H2,1-7H3,(H,55,56)(H,57,62)(H,58,65)/b10-8?,35-15?,40-16+/t29-,30?,31+,41-,43-/m0/s1. The molecule has 7 rings (SSSR count). The summed E-state index contributed by atoms with van der Waals surface area (Å²) in [5, 5.41) is 5.45. The average molecular weight is 965 g/mol. The first kappa shape index (κ1) is 50.1. The third-order valence-corrected chi connectivity index (χ3v) is 13.4. The molecule has 14 nitrogen and oxygen atoms in total. The number of ether oxygens (including phenoxy) is 3. The van der Waals surface area contributed by atoms with E-state index in [0.29, 0.717) is 87.7 Å². The lowest BCUT2D eigenvalue weighted by Crippen LogP contribution is -2.55. The van der Waals surface area contributed by atoms with Crippen molar-refractivity contribution in [3.8, 4) is 28.1 Å². The molecule has 1 aliphatic carbocycles. The number of halogens is 4. The summed E-state index contributed by atoms with van der Waals surface area (Å²) in [6.07, 6.45) is 5.57. The third kappa shape index (κ3) is 11.7. The van der Waals surface area contributed by atoms with E-state index in [2.05, 4.69) is 51.0 Å². The van der Waals surface area contributed by atoms with Gasteiger partial charge in [0.2, 0.25) is 11.8 Å². The van der Waals surface area contributed by atoms with Gasteiger partial charge in [0.1, 0.15) is 17.6 Å². The highest BCUT2D eigenvalue weighted by molar-refractivity contribution is 6.34. The topological polar surface area (TPSA) is 158 Å². The van der Waals surface area contributed by atoms with Crippen molar-refractivity contribution in [2.45, 2.75) is 91.7 Å². The number of allylic oxidation sites excluding steroid dienone is 4. The lowest BCUT2D eigenvalue weighted by molar-refractivity contribution is -0.274. The second kappa shape index (κ2) is 20.8. The monoisotopic (exact) mass is 963 g/mol. The van der Waals surface area contributed by atoms with E-state index in [1.165, 1.54) is 13.2 Å². The molecule has 3 saturated heterocycles. The predicted octanol–water partition coefficient (Wildman–Crippen LogP) is 9.28. The van der Waals surface area contributed by atoms with Crippen LogP contribution in [0.2, 0.25) is 5.02 Å². The van der Waals surface area contributed by atoms with Crippen LogP contribution in [-0.4, -0.2) is 113 Å². The molecule has 0 bridgehead atoms. The molecule has 0 spiro atoms. The van der Waals surface area contributed by atoms with E-state index < -0.39 is 41.6 Å². The Morgan fingerprint density at radius 1 is 0.971 bits per heavy atom. The van der Waals surface area contributed by atoms with Crippen LogP contribution in [0, 0.1) is 23.2 Å². The predicted molar refractivity (Wildman–Crippen MR) is 252 cm³/mol. The summed E-state index contributed by atoms with van der Waals surface area (Å²) in [5.74, 6) is -0.539. The third-order valence-electron chi connectivity index (χ3n) is 13.1. The van der Waals surface area contributed by atoms with Crippen LogP contribution in [0.1, 0.15) is 79.1 Å². The van der Waals surface area contributed by atoms with Crippen LogP contribution in [-0.2, 0) is 23.9 Å². The van der Waals surface area contributed by atoms with Gasteiger partial charge in [-0.2, -0.15) is 0 Å². The summed E-state index contributed by atoms with van der Waals surface area (Å²) in [4.78, 5) is 67.2. The molecule has 4 heterocycles.